The third-order valence-corrected chi connectivity index (χ3v) is 5.34. The Morgan fingerprint density at radius 3 is 1.59 bits per heavy atom. The lowest BCUT2D eigenvalue weighted by Crippen LogP contribution is -2.03. The van der Waals surface area contributed by atoms with Crippen LogP contribution in [0.4, 0.5) is 11.4 Å². The third-order valence-electron chi connectivity index (χ3n) is 3.41. The molecule has 2 rings (SSSR count). The average Bonchev–Trinajstić information content (AvgIpc) is 2.65. The predicted molar refractivity (Wildman–Crippen MR) is 110 cm³/mol. The normalized spacial score (nSPS) is 10.4. The van der Waals surface area contributed by atoms with E-state index in [1.54, 1.807) is 0 Å². The summed E-state index contributed by atoms with van der Waals surface area (Å²) >= 11 is 9.26. The minimum Gasteiger partial charge on any atom is -0.492 e. The van der Waals surface area contributed by atoms with Gasteiger partial charge in [-0.05, 0) is 74.7 Å². The minimum atomic E-state index is -3.84. The molecule has 2 aromatic carbocycles. The number of benzene rings is 2. The van der Waals surface area contributed by atoms with E-state index in [9.17, 15) is 8.42 Å². The number of thiocarbonyl (C=S) groups is 2. The van der Waals surface area contributed by atoms with Crippen LogP contribution in [-0.4, -0.2) is 32.0 Å². The van der Waals surface area contributed by atoms with Crippen LogP contribution in [0.15, 0.2) is 56.2 Å². The van der Waals surface area contributed by atoms with Gasteiger partial charge in [0.1, 0.15) is 22.9 Å². The zero-order chi connectivity index (χ0) is 19.9. The molecular formula is C18H16N2O4S3. The summed E-state index contributed by atoms with van der Waals surface area (Å²) in [5, 5.41) is 4.46. The molecule has 0 spiro atoms. The summed E-state index contributed by atoms with van der Waals surface area (Å²) in [7, 11) is -3.84. The van der Waals surface area contributed by atoms with Gasteiger partial charge in [-0.1, -0.05) is 0 Å². The standard InChI is InChI=1S/C18H16N2O4S3/c1-3-23-17-7-5-13(9-15(17)19-11-25)27(21,22)14-6-8-18(24-4-2)16(10-14)20-12-26/h5-10H,3-4H2,1-2H3. The topological polar surface area (TPSA) is 77.3 Å². The number of hydrogen-bond donors (Lipinski definition) is 0. The molecule has 0 aliphatic carbocycles. The summed E-state index contributed by atoms with van der Waals surface area (Å²) in [5.74, 6) is 0.845. The predicted octanol–water partition coefficient (Wildman–Crippen LogP) is 4.79. The fraction of sp³-hybridized carbons (Fsp3) is 0.222. The molecular weight excluding hydrogens is 404 g/mol. The van der Waals surface area contributed by atoms with Crippen molar-refractivity contribution in [2.75, 3.05) is 13.2 Å². The summed E-state index contributed by atoms with van der Waals surface area (Å²) in [4.78, 5) is 7.86. The third kappa shape index (κ3) is 4.86. The molecule has 0 aliphatic rings. The smallest absolute Gasteiger partial charge is 0.206 e. The second-order valence-electron chi connectivity index (χ2n) is 5.03. The number of ether oxygens (including phenoxy) is 2. The molecule has 0 aromatic heterocycles. The van der Waals surface area contributed by atoms with Gasteiger partial charge in [0.15, 0.2) is 0 Å². The second kappa shape index (κ2) is 9.50. The minimum absolute atomic E-state index is 0.0383. The van der Waals surface area contributed by atoms with Gasteiger partial charge in [0, 0.05) is 0 Å². The summed E-state index contributed by atoms with van der Waals surface area (Å²) in [6, 6.07) is 8.73. The molecule has 2 aromatic rings. The highest BCUT2D eigenvalue weighted by Crippen LogP contribution is 2.35. The van der Waals surface area contributed by atoms with Crippen molar-refractivity contribution in [1.29, 1.82) is 0 Å². The zero-order valence-electron chi connectivity index (χ0n) is 14.6. The molecule has 0 fully saturated rings. The van der Waals surface area contributed by atoms with Crippen LogP contribution in [0.25, 0.3) is 0 Å². The molecule has 0 bridgehead atoms. The maximum Gasteiger partial charge on any atom is 0.206 e. The van der Waals surface area contributed by atoms with Crippen LogP contribution < -0.4 is 9.47 Å². The molecule has 0 N–H and O–H groups in total. The summed E-state index contributed by atoms with van der Waals surface area (Å²) in [5.41, 5.74) is 0.576. The molecule has 0 saturated carbocycles. The van der Waals surface area contributed by atoms with Crippen molar-refractivity contribution < 1.29 is 17.9 Å². The molecule has 0 atom stereocenters. The molecule has 0 saturated heterocycles. The Morgan fingerprint density at radius 2 is 1.26 bits per heavy atom. The van der Waals surface area contributed by atoms with Crippen LogP contribution in [0.2, 0.25) is 0 Å². The maximum atomic E-state index is 13.0. The van der Waals surface area contributed by atoms with Crippen molar-refractivity contribution in [3.8, 4) is 11.5 Å². The first kappa shape index (κ1) is 20.9. The van der Waals surface area contributed by atoms with Gasteiger partial charge in [-0.2, -0.15) is 9.98 Å². The summed E-state index contributed by atoms with van der Waals surface area (Å²) < 4.78 is 36.9. The van der Waals surface area contributed by atoms with Crippen molar-refractivity contribution >= 4 is 56.0 Å². The fourth-order valence-electron chi connectivity index (χ4n) is 2.29. The van der Waals surface area contributed by atoms with Gasteiger partial charge in [-0.15, -0.1) is 0 Å². The monoisotopic (exact) mass is 420 g/mol. The maximum absolute atomic E-state index is 13.0. The molecule has 6 nitrogen and oxygen atoms in total. The first-order valence-electron chi connectivity index (χ1n) is 7.92. The van der Waals surface area contributed by atoms with Crippen molar-refractivity contribution in [3.05, 3.63) is 36.4 Å². The van der Waals surface area contributed by atoms with E-state index in [1.165, 1.54) is 36.4 Å². The van der Waals surface area contributed by atoms with E-state index >= 15 is 0 Å². The van der Waals surface area contributed by atoms with Crippen LogP contribution in [0.1, 0.15) is 13.8 Å². The lowest BCUT2D eigenvalue weighted by atomic mass is 10.3. The largest absolute Gasteiger partial charge is 0.492 e. The highest BCUT2D eigenvalue weighted by atomic mass is 32.2. The molecule has 0 aliphatic heterocycles. The van der Waals surface area contributed by atoms with Crippen LogP contribution in [0.5, 0.6) is 11.5 Å². The molecule has 0 radical (unpaired) electrons. The average molecular weight is 421 g/mol. The lowest BCUT2D eigenvalue weighted by Gasteiger charge is -2.11. The van der Waals surface area contributed by atoms with Crippen LogP contribution >= 0.6 is 24.4 Å². The van der Waals surface area contributed by atoms with E-state index in [2.05, 4.69) is 44.7 Å². The quantitative estimate of drug-likeness (QED) is 0.452. The number of sulfone groups is 1. The first-order valence-corrected chi connectivity index (χ1v) is 10.2. The van der Waals surface area contributed by atoms with Crippen molar-refractivity contribution in [2.45, 2.75) is 23.6 Å². The number of nitrogens with zero attached hydrogens (tertiary/aromatic N) is 2. The Kier molecular flexibility index (Phi) is 7.36. The van der Waals surface area contributed by atoms with E-state index in [0.717, 1.165) is 0 Å². The van der Waals surface area contributed by atoms with Crippen LogP contribution in [0.3, 0.4) is 0 Å². The van der Waals surface area contributed by atoms with Gasteiger partial charge < -0.3 is 9.47 Å². The Balaban J connectivity index is 2.58. The summed E-state index contributed by atoms with van der Waals surface area (Å²) in [6.45, 7) is 4.44. The molecule has 27 heavy (non-hydrogen) atoms. The Bertz CT molecular complexity index is 961. The second-order valence-corrected chi connectivity index (χ2v) is 7.35. The van der Waals surface area contributed by atoms with Crippen molar-refractivity contribution in [2.24, 2.45) is 9.98 Å². The number of rotatable bonds is 8. The van der Waals surface area contributed by atoms with E-state index in [-0.39, 0.29) is 21.2 Å². The van der Waals surface area contributed by atoms with Gasteiger partial charge >= 0.3 is 0 Å². The molecule has 0 unspecified atom stereocenters. The van der Waals surface area contributed by atoms with E-state index in [0.29, 0.717) is 24.7 Å². The fourth-order valence-corrected chi connectivity index (χ4v) is 3.79. The Hall–Kier alpha value is -2.41. The van der Waals surface area contributed by atoms with E-state index in [1.807, 2.05) is 13.8 Å². The van der Waals surface area contributed by atoms with Gasteiger partial charge in [-0.3, -0.25) is 0 Å². The van der Waals surface area contributed by atoms with E-state index < -0.39 is 9.84 Å². The van der Waals surface area contributed by atoms with Gasteiger partial charge in [0.05, 0.1) is 33.3 Å². The molecule has 9 heteroatoms. The van der Waals surface area contributed by atoms with E-state index in [4.69, 9.17) is 9.47 Å². The highest BCUT2D eigenvalue weighted by Gasteiger charge is 2.21. The van der Waals surface area contributed by atoms with Crippen LogP contribution in [0, 0.1) is 0 Å². The number of hydrogen-bond acceptors (Lipinski definition) is 8. The summed E-state index contributed by atoms with van der Waals surface area (Å²) in [6.07, 6.45) is 0. The number of aliphatic imine (C=N–C) groups is 2. The zero-order valence-corrected chi connectivity index (χ0v) is 17.1. The Labute approximate surface area is 168 Å². The molecule has 140 valence electrons. The van der Waals surface area contributed by atoms with Gasteiger partial charge in [-0.25, -0.2) is 8.42 Å². The van der Waals surface area contributed by atoms with Gasteiger partial charge in [0.25, 0.3) is 0 Å². The van der Waals surface area contributed by atoms with Gasteiger partial charge in [0.2, 0.25) is 9.84 Å². The lowest BCUT2D eigenvalue weighted by molar-refractivity contribution is 0.341. The first-order chi connectivity index (χ1) is 13.0. The molecule has 0 amide bonds. The highest BCUT2D eigenvalue weighted by molar-refractivity contribution is 7.91. The van der Waals surface area contributed by atoms with Crippen molar-refractivity contribution in [1.82, 2.24) is 0 Å². The Morgan fingerprint density at radius 1 is 0.852 bits per heavy atom. The number of isothiocyanates is 2. The van der Waals surface area contributed by atoms with Crippen LogP contribution in [-0.2, 0) is 9.84 Å². The SMILES string of the molecule is CCOc1ccc(S(=O)(=O)c2ccc(OCC)c(N=C=S)c2)cc1N=C=S. The van der Waals surface area contributed by atoms with Crippen molar-refractivity contribution in [3.63, 3.8) is 0 Å². The molecule has 0 heterocycles.